The van der Waals surface area contributed by atoms with E-state index in [4.69, 9.17) is 9.97 Å². The molecule has 278 valence electrons. The van der Waals surface area contributed by atoms with E-state index in [0.717, 1.165) is 50.4 Å². The van der Waals surface area contributed by atoms with Crippen LogP contribution in [0.4, 0.5) is 0 Å². The van der Waals surface area contributed by atoms with Gasteiger partial charge in [-0.1, -0.05) is 159 Å². The van der Waals surface area contributed by atoms with Crippen LogP contribution in [0.1, 0.15) is 25.0 Å². The van der Waals surface area contributed by atoms with Crippen molar-refractivity contribution in [2.75, 3.05) is 0 Å². The lowest BCUT2D eigenvalue weighted by Gasteiger charge is -2.21. The molecule has 8 aromatic carbocycles. The molecule has 3 heterocycles. The topological polar surface area (TPSA) is 35.6 Å². The summed E-state index contributed by atoms with van der Waals surface area (Å²) in [5.41, 5.74) is 17.0. The predicted molar refractivity (Wildman–Crippen MR) is 245 cm³/mol. The molecule has 0 amide bonds. The molecule has 3 aromatic heterocycles. The molecule has 0 aliphatic heterocycles. The van der Waals surface area contributed by atoms with Gasteiger partial charge in [-0.3, -0.25) is 4.57 Å². The molecule has 0 saturated heterocycles. The highest BCUT2D eigenvalue weighted by molar-refractivity contribution is 6.13. The normalized spacial score (nSPS) is 13.1. The monoisotopic (exact) mass is 754 g/mol. The van der Waals surface area contributed by atoms with E-state index in [1.165, 1.54) is 54.8 Å². The summed E-state index contributed by atoms with van der Waals surface area (Å²) in [5.74, 6) is 0.648. The van der Waals surface area contributed by atoms with Gasteiger partial charge in [-0.05, 0) is 81.9 Å². The van der Waals surface area contributed by atoms with Crippen LogP contribution in [-0.4, -0.2) is 19.1 Å². The number of benzene rings is 8. The largest absolute Gasteiger partial charge is 0.309 e. The summed E-state index contributed by atoms with van der Waals surface area (Å²) in [6, 6.07) is 69.9. The Hall–Kier alpha value is -7.56. The van der Waals surface area contributed by atoms with Gasteiger partial charge in [0.1, 0.15) is 0 Å². The molecule has 0 saturated carbocycles. The Labute approximate surface area is 342 Å². The Kier molecular flexibility index (Phi) is 7.24. The Morgan fingerprint density at radius 1 is 0.356 bits per heavy atom. The molecule has 0 atom stereocenters. The molecule has 11 aromatic rings. The molecule has 1 aliphatic rings. The van der Waals surface area contributed by atoms with Crippen molar-refractivity contribution < 1.29 is 0 Å². The van der Waals surface area contributed by atoms with Crippen LogP contribution in [0.25, 0.3) is 100 Å². The molecule has 0 unspecified atom stereocenters. The van der Waals surface area contributed by atoms with Crippen LogP contribution >= 0.6 is 0 Å². The molecule has 12 rings (SSSR count). The molecule has 0 N–H and O–H groups in total. The Bertz CT molecular complexity index is 3390. The van der Waals surface area contributed by atoms with Gasteiger partial charge in [0.15, 0.2) is 0 Å². The molecule has 0 spiro atoms. The highest BCUT2D eigenvalue weighted by Crippen LogP contribution is 2.51. The van der Waals surface area contributed by atoms with Crippen molar-refractivity contribution in [1.82, 2.24) is 19.1 Å². The molecule has 0 radical (unpaired) electrons. The van der Waals surface area contributed by atoms with Crippen LogP contribution in [0, 0.1) is 0 Å². The van der Waals surface area contributed by atoms with Crippen molar-refractivity contribution in [1.29, 1.82) is 0 Å². The van der Waals surface area contributed by atoms with Gasteiger partial charge < -0.3 is 4.57 Å². The number of rotatable bonds is 5. The highest BCUT2D eigenvalue weighted by Gasteiger charge is 2.36. The van der Waals surface area contributed by atoms with Crippen molar-refractivity contribution in [3.63, 3.8) is 0 Å². The summed E-state index contributed by atoms with van der Waals surface area (Å²) < 4.78 is 4.70. The van der Waals surface area contributed by atoms with Gasteiger partial charge in [0.2, 0.25) is 5.95 Å². The molecule has 1 aliphatic carbocycles. The first-order valence-electron chi connectivity index (χ1n) is 20.3. The van der Waals surface area contributed by atoms with Gasteiger partial charge in [0, 0.05) is 43.8 Å². The molecular formula is C55H38N4. The number of hydrogen-bond donors (Lipinski definition) is 0. The minimum Gasteiger partial charge on any atom is -0.309 e. The third-order valence-electron chi connectivity index (χ3n) is 12.5. The maximum atomic E-state index is 5.40. The highest BCUT2D eigenvalue weighted by atomic mass is 15.2. The van der Waals surface area contributed by atoms with Crippen LogP contribution < -0.4 is 0 Å². The molecule has 0 bridgehead atoms. The Balaban J connectivity index is 1.15. The molecule has 4 heteroatoms. The van der Waals surface area contributed by atoms with Crippen LogP contribution in [0.3, 0.4) is 0 Å². The van der Waals surface area contributed by atoms with Crippen LogP contribution in [0.15, 0.2) is 194 Å². The van der Waals surface area contributed by atoms with E-state index in [-0.39, 0.29) is 5.41 Å². The Morgan fingerprint density at radius 2 is 0.881 bits per heavy atom. The first-order chi connectivity index (χ1) is 29.0. The SMILES string of the molecule is CC1(C)c2ccccc2-c2cc3c4ccc(-c5ccc6c7ccccc7n(-c7ccccc7)c6c5)cc4n(-c4nc(-c5ccccc5)cc(-c5ccccc5)n4)c3cc21. The summed E-state index contributed by atoms with van der Waals surface area (Å²) in [4.78, 5) is 10.8. The van der Waals surface area contributed by atoms with Crippen molar-refractivity contribution in [3.8, 4) is 56.4 Å². The van der Waals surface area contributed by atoms with E-state index < -0.39 is 0 Å². The number of fused-ring (bicyclic) bond motifs is 9. The quantitative estimate of drug-likeness (QED) is 0.175. The lowest BCUT2D eigenvalue weighted by atomic mass is 9.82. The molecule has 0 fully saturated rings. The summed E-state index contributed by atoms with van der Waals surface area (Å²) in [5, 5.41) is 4.84. The summed E-state index contributed by atoms with van der Waals surface area (Å²) >= 11 is 0. The summed E-state index contributed by atoms with van der Waals surface area (Å²) in [7, 11) is 0. The third-order valence-corrected chi connectivity index (χ3v) is 12.5. The zero-order valence-corrected chi connectivity index (χ0v) is 32.8. The third kappa shape index (κ3) is 5.09. The second-order valence-electron chi connectivity index (χ2n) is 16.2. The summed E-state index contributed by atoms with van der Waals surface area (Å²) in [6.45, 7) is 4.69. The number of nitrogens with zero attached hydrogens (tertiary/aromatic N) is 4. The fraction of sp³-hybridized carbons (Fsp3) is 0.0545. The second-order valence-corrected chi connectivity index (χ2v) is 16.2. The van der Waals surface area contributed by atoms with Gasteiger partial charge in [0.25, 0.3) is 0 Å². The number of aromatic nitrogens is 4. The number of hydrogen-bond acceptors (Lipinski definition) is 2. The van der Waals surface area contributed by atoms with Crippen molar-refractivity contribution in [2.24, 2.45) is 0 Å². The van der Waals surface area contributed by atoms with Crippen LogP contribution in [-0.2, 0) is 5.41 Å². The first-order valence-corrected chi connectivity index (χ1v) is 20.3. The first kappa shape index (κ1) is 33.6. The van der Waals surface area contributed by atoms with E-state index in [1.54, 1.807) is 0 Å². The maximum Gasteiger partial charge on any atom is 0.235 e. The fourth-order valence-corrected chi connectivity index (χ4v) is 9.66. The lowest BCUT2D eigenvalue weighted by molar-refractivity contribution is 0.661. The molecular weight excluding hydrogens is 717 g/mol. The molecule has 59 heavy (non-hydrogen) atoms. The minimum absolute atomic E-state index is 0.166. The average Bonchev–Trinajstić information content (AvgIpc) is 3.88. The maximum absolute atomic E-state index is 5.40. The van der Waals surface area contributed by atoms with E-state index in [2.05, 4.69) is 217 Å². The van der Waals surface area contributed by atoms with E-state index in [1.807, 2.05) is 0 Å². The zero-order valence-electron chi connectivity index (χ0n) is 32.8. The number of para-hydroxylation sites is 2. The Morgan fingerprint density at radius 3 is 1.56 bits per heavy atom. The van der Waals surface area contributed by atoms with Crippen molar-refractivity contribution in [2.45, 2.75) is 19.3 Å². The zero-order chi connectivity index (χ0) is 39.2. The van der Waals surface area contributed by atoms with Crippen molar-refractivity contribution in [3.05, 3.63) is 205 Å². The lowest BCUT2D eigenvalue weighted by Crippen LogP contribution is -2.15. The van der Waals surface area contributed by atoms with Gasteiger partial charge >= 0.3 is 0 Å². The van der Waals surface area contributed by atoms with Crippen LogP contribution in [0.2, 0.25) is 0 Å². The second kappa shape index (κ2) is 12.7. The van der Waals surface area contributed by atoms with Gasteiger partial charge in [-0.15, -0.1) is 0 Å². The van der Waals surface area contributed by atoms with Crippen LogP contribution in [0.5, 0.6) is 0 Å². The van der Waals surface area contributed by atoms with E-state index in [0.29, 0.717) is 5.95 Å². The molecule has 4 nitrogen and oxygen atoms in total. The van der Waals surface area contributed by atoms with Gasteiger partial charge in [0.05, 0.1) is 33.5 Å². The van der Waals surface area contributed by atoms with E-state index in [9.17, 15) is 0 Å². The average molecular weight is 755 g/mol. The van der Waals surface area contributed by atoms with Gasteiger partial charge in [-0.2, -0.15) is 0 Å². The fourth-order valence-electron chi connectivity index (χ4n) is 9.66. The smallest absolute Gasteiger partial charge is 0.235 e. The minimum atomic E-state index is -0.166. The predicted octanol–water partition coefficient (Wildman–Crippen LogP) is 14.0. The summed E-state index contributed by atoms with van der Waals surface area (Å²) in [6.07, 6.45) is 0. The van der Waals surface area contributed by atoms with Gasteiger partial charge in [-0.25, -0.2) is 9.97 Å². The standard InChI is InChI=1S/C55H38N4/c1-55(2)46-24-14-12-22-40(46)44-32-45-43-29-27-38(37-26-28-42-41-23-13-15-25-50(41)58(51(42)30-37)39-20-10-5-11-21-39)31-52(43)59(53(45)33-47(44)55)54-56-48(35-16-6-3-7-17-35)34-49(57-54)36-18-8-4-9-19-36/h3-34H,1-2H3. The van der Waals surface area contributed by atoms with Crippen molar-refractivity contribution >= 4 is 43.6 Å². The van der Waals surface area contributed by atoms with E-state index >= 15 is 0 Å².